The Morgan fingerprint density at radius 1 is 1.33 bits per heavy atom. The van der Waals surface area contributed by atoms with Crippen molar-refractivity contribution in [3.8, 4) is 0 Å². The van der Waals surface area contributed by atoms with Gasteiger partial charge in [0, 0.05) is 26.1 Å². The second-order valence-corrected chi connectivity index (χ2v) is 6.31. The molecule has 0 aliphatic carbocycles. The van der Waals surface area contributed by atoms with Gasteiger partial charge in [-0.25, -0.2) is 9.07 Å². The fraction of sp³-hybridized carbons (Fsp3) is 0.389. The predicted octanol–water partition coefficient (Wildman–Crippen LogP) is 2.17. The number of rotatable bonds is 2. The highest BCUT2D eigenvalue weighted by Gasteiger charge is 2.31. The highest BCUT2D eigenvalue weighted by atomic mass is 19.1. The third-order valence-corrected chi connectivity index (χ3v) is 4.73. The van der Waals surface area contributed by atoms with Gasteiger partial charge in [0.15, 0.2) is 0 Å². The maximum absolute atomic E-state index is 13.4. The van der Waals surface area contributed by atoms with Gasteiger partial charge >= 0.3 is 0 Å². The average Bonchev–Trinajstić information content (AvgIpc) is 3.03. The van der Waals surface area contributed by atoms with Crippen molar-refractivity contribution in [2.75, 3.05) is 13.1 Å². The fourth-order valence-electron chi connectivity index (χ4n) is 3.24. The summed E-state index contributed by atoms with van der Waals surface area (Å²) in [6.45, 7) is 4.58. The highest BCUT2D eigenvalue weighted by molar-refractivity contribution is 5.95. The van der Waals surface area contributed by atoms with Crippen LogP contribution < -0.4 is 5.56 Å². The molecule has 1 saturated heterocycles. The van der Waals surface area contributed by atoms with Crippen molar-refractivity contribution >= 4 is 5.91 Å². The van der Waals surface area contributed by atoms with Gasteiger partial charge in [-0.05, 0) is 43.5 Å². The molecule has 5 nitrogen and oxygen atoms in total. The quantitative estimate of drug-likeness (QED) is 0.848. The maximum atomic E-state index is 13.4. The normalized spacial score (nSPS) is 17.3. The number of aryl methyl sites for hydroxylation is 2. The van der Waals surface area contributed by atoms with Crippen molar-refractivity contribution in [2.45, 2.75) is 26.2 Å². The minimum absolute atomic E-state index is 0.0942. The van der Waals surface area contributed by atoms with E-state index in [0.717, 1.165) is 12.0 Å². The fourth-order valence-corrected chi connectivity index (χ4v) is 3.24. The van der Waals surface area contributed by atoms with E-state index < -0.39 is 0 Å². The molecule has 2 aromatic rings. The molecule has 1 aliphatic rings. The number of aromatic nitrogens is 2. The molecule has 0 spiro atoms. The van der Waals surface area contributed by atoms with E-state index in [-0.39, 0.29) is 28.8 Å². The van der Waals surface area contributed by atoms with Gasteiger partial charge in [-0.1, -0.05) is 12.1 Å². The van der Waals surface area contributed by atoms with Crippen LogP contribution in [-0.4, -0.2) is 33.7 Å². The van der Waals surface area contributed by atoms with Gasteiger partial charge < -0.3 is 4.90 Å². The van der Waals surface area contributed by atoms with Crippen molar-refractivity contribution < 1.29 is 9.18 Å². The summed E-state index contributed by atoms with van der Waals surface area (Å²) in [5.41, 5.74) is 1.99. The first-order chi connectivity index (χ1) is 11.4. The Kier molecular flexibility index (Phi) is 4.22. The molecular weight excluding hydrogens is 309 g/mol. The van der Waals surface area contributed by atoms with E-state index in [4.69, 9.17) is 0 Å². The van der Waals surface area contributed by atoms with Crippen LogP contribution in [0.2, 0.25) is 0 Å². The van der Waals surface area contributed by atoms with Crippen molar-refractivity contribution in [3.05, 3.63) is 62.8 Å². The predicted molar refractivity (Wildman–Crippen MR) is 88.6 cm³/mol. The number of likely N-dealkylation sites (tertiary alicyclic amines) is 1. The molecule has 0 N–H and O–H groups in total. The molecule has 1 unspecified atom stereocenters. The van der Waals surface area contributed by atoms with E-state index >= 15 is 0 Å². The van der Waals surface area contributed by atoms with Crippen LogP contribution in [0.15, 0.2) is 29.1 Å². The van der Waals surface area contributed by atoms with E-state index in [9.17, 15) is 14.0 Å². The van der Waals surface area contributed by atoms with Crippen LogP contribution in [0.25, 0.3) is 0 Å². The molecule has 6 heteroatoms. The second-order valence-electron chi connectivity index (χ2n) is 6.31. The SMILES string of the molecule is Cc1nn(C)c(=O)c(C(=O)N2CCC(c3cccc(F)c3)C2)c1C. The summed E-state index contributed by atoms with van der Waals surface area (Å²) in [6, 6.07) is 6.48. The van der Waals surface area contributed by atoms with E-state index in [0.29, 0.717) is 24.3 Å². The van der Waals surface area contributed by atoms with Crippen molar-refractivity contribution in [1.82, 2.24) is 14.7 Å². The number of amides is 1. The molecule has 3 rings (SSSR count). The van der Waals surface area contributed by atoms with Crippen LogP contribution >= 0.6 is 0 Å². The van der Waals surface area contributed by atoms with Gasteiger partial charge in [0.05, 0.1) is 5.69 Å². The van der Waals surface area contributed by atoms with Gasteiger partial charge in [-0.2, -0.15) is 5.10 Å². The standard InChI is InChI=1S/C18H20FN3O2/c1-11-12(2)20-21(3)17(23)16(11)18(24)22-8-7-14(10-22)13-5-4-6-15(19)9-13/h4-6,9,14H,7-8,10H2,1-3H3. The number of carbonyl (C=O) groups is 1. The van der Waals surface area contributed by atoms with Crippen LogP contribution in [0.3, 0.4) is 0 Å². The zero-order chi connectivity index (χ0) is 17.4. The summed E-state index contributed by atoms with van der Waals surface area (Å²) in [5.74, 6) is -0.444. The van der Waals surface area contributed by atoms with Gasteiger partial charge in [-0.3, -0.25) is 9.59 Å². The molecule has 0 saturated carbocycles. The topological polar surface area (TPSA) is 55.2 Å². The van der Waals surface area contributed by atoms with Gasteiger partial charge in [0.2, 0.25) is 0 Å². The number of benzene rings is 1. The molecule has 0 bridgehead atoms. The van der Waals surface area contributed by atoms with Crippen LogP contribution in [0.1, 0.15) is 39.5 Å². The number of halogens is 1. The number of hydrogen-bond acceptors (Lipinski definition) is 3. The van der Waals surface area contributed by atoms with E-state index in [1.807, 2.05) is 6.07 Å². The molecule has 24 heavy (non-hydrogen) atoms. The number of nitrogens with zero attached hydrogens (tertiary/aromatic N) is 3. The largest absolute Gasteiger partial charge is 0.338 e. The Morgan fingerprint density at radius 3 is 2.79 bits per heavy atom. The van der Waals surface area contributed by atoms with Crippen LogP contribution in [0, 0.1) is 19.7 Å². The molecule has 1 atom stereocenters. The van der Waals surface area contributed by atoms with Crippen LogP contribution in [0.4, 0.5) is 4.39 Å². The zero-order valence-electron chi connectivity index (χ0n) is 14.0. The van der Waals surface area contributed by atoms with Crippen molar-refractivity contribution in [1.29, 1.82) is 0 Å². The highest BCUT2D eigenvalue weighted by Crippen LogP contribution is 2.28. The van der Waals surface area contributed by atoms with Gasteiger partial charge in [-0.15, -0.1) is 0 Å². The van der Waals surface area contributed by atoms with E-state index in [2.05, 4.69) is 5.10 Å². The number of carbonyl (C=O) groups excluding carboxylic acids is 1. The summed E-state index contributed by atoms with van der Waals surface area (Å²) in [4.78, 5) is 26.9. The minimum atomic E-state index is -0.377. The lowest BCUT2D eigenvalue weighted by Crippen LogP contribution is -2.37. The first kappa shape index (κ1) is 16.4. The molecule has 1 amide bonds. The molecule has 1 aromatic heterocycles. The van der Waals surface area contributed by atoms with Crippen molar-refractivity contribution in [3.63, 3.8) is 0 Å². The van der Waals surface area contributed by atoms with E-state index in [1.165, 1.54) is 16.8 Å². The third-order valence-electron chi connectivity index (χ3n) is 4.73. The molecular formula is C18H20FN3O2. The first-order valence-corrected chi connectivity index (χ1v) is 7.97. The van der Waals surface area contributed by atoms with E-state index in [1.54, 1.807) is 31.9 Å². The lowest BCUT2D eigenvalue weighted by molar-refractivity contribution is 0.0787. The summed E-state index contributed by atoms with van der Waals surface area (Å²) in [5, 5.41) is 4.11. The van der Waals surface area contributed by atoms with Crippen molar-refractivity contribution in [2.24, 2.45) is 7.05 Å². The van der Waals surface area contributed by atoms with Crippen LogP contribution in [0.5, 0.6) is 0 Å². The smallest absolute Gasteiger partial charge is 0.279 e. The summed E-state index contributed by atoms with van der Waals surface area (Å²) in [7, 11) is 1.55. The lowest BCUT2D eigenvalue weighted by Gasteiger charge is -2.18. The Bertz CT molecular complexity index is 860. The molecule has 126 valence electrons. The minimum Gasteiger partial charge on any atom is -0.338 e. The Morgan fingerprint density at radius 2 is 2.08 bits per heavy atom. The molecule has 2 heterocycles. The maximum Gasteiger partial charge on any atom is 0.279 e. The first-order valence-electron chi connectivity index (χ1n) is 7.97. The van der Waals surface area contributed by atoms with Gasteiger partial charge in [0.1, 0.15) is 11.4 Å². The Labute approximate surface area is 139 Å². The summed E-state index contributed by atoms with van der Waals surface area (Å²) >= 11 is 0. The molecule has 1 aliphatic heterocycles. The second kappa shape index (κ2) is 6.19. The average molecular weight is 329 g/mol. The Balaban J connectivity index is 1.87. The molecule has 0 radical (unpaired) electrons. The lowest BCUT2D eigenvalue weighted by atomic mass is 9.98. The zero-order valence-corrected chi connectivity index (χ0v) is 14.0. The summed E-state index contributed by atoms with van der Waals surface area (Å²) < 4.78 is 14.6. The summed E-state index contributed by atoms with van der Waals surface area (Å²) in [6.07, 6.45) is 0.763. The van der Waals surface area contributed by atoms with Gasteiger partial charge in [0.25, 0.3) is 11.5 Å². The van der Waals surface area contributed by atoms with Crippen LogP contribution in [-0.2, 0) is 7.05 Å². The Hall–Kier alpha value is -2.50. The number of hydrogen-bond donors (Lipinski definition) is 0. The molecule has 1 fully saturated rings. The monoisotopic (exact) mass is 329 g/mol. The third kappa shape index (κ3) is 2.84. The molecule has 1 aromatic carbocycles.